The van der Waals surface area contributed by atoms with Gasteiger partial charge in [0.25, 0.3) is 0 Å². The molecular formula is C11H17BrN2. The Labute approximate surface area is 94.0 Å². The van der Waals surface area contributed by atoms with Crippen molar-refractivity contribution in [3.63, 3.8) is 0 Å². The first-order valence-electron chi connectivity index (χ1n) is 4.99. The van der Waals surface area contributed by atoms with Crippen molar-refractivity contribution >= 4 is 15.9 Å². The van der Waals surface area contributed by atoms with Gasteiger partial charge in [0.2, 0.25) is 0 Å². The summed E-state index contributed by atoms with van der Waals surface area (Å²) in [7, 11) is 0. The average molecular weight is 257 g/mol. The van der Waals surface area contributed by atoms with Gasteiger partial charge in [0.1, 0.15) is 0 Å². The lowest BCUT2D eigenvalue weighted by Gasteiger charge is -2.15. The predicted molar refractivity (Wildman–Crippen MR) is 63.7 cm³/mol. The number of hydrazine groups is 1. The molecule has 0 radical (unpaired) electrons. The summed E-state index contributed by atoms with van der Waals surface area (Å²) in [4.78, 5) is 0. The maximum Gasteiger partial charge on any atom is 0.0460 e. The van der Waals surface area contributed by atoms with Crippen LogP contribution in [0.5, 0.6) is 0 Å². The minimum Gasteiger partial charge on any atom is -0.271 e. The summed E-state index contributed by atoms with van der Waals surface area (Å²) < 4.78 is 1.10. The van der Waals surface area contributed by atoms with E-state index >= 15 is 0 Å². The molecule has 0 aromatic heterocycles. The molecule has 0 saturated carbocycles. The SMILES string of the molecule is CCCCC(NN)c1cccc(Br)c1. The second kappa shape index (κ2) is 6.17. The lowest BCUT2D eigenvalue weighted by molar-refractivity contribution is 0.495. The van der Waals surface area contributed by atoms with E-state index in [0.717, 1.165) is 10.9 Å². The Morgan fingerprint density at radius 2 is 2.29 bits per heavy atom. The largest absolute Gasteiger partial charge is 0.271 e. The molecule has 0 aliphatic carbocycles. The number of halogens is 1. The van der Waals surface area contributed by atoms with Gasteiger partial charge in [-0.1, -0.05) is 47.8 Å². The molecule has 1 unspecified atom stereocenters. The van der Waals surface area contributed by atoms with E-state index in [2.05, 4.69) is 40.4 Å². The summed E-state index contributed by atoms with van der Waals surface area (Å²) in [5, 5.41) is 0. The number of unbranched alkanes of at least 4 members (excludes halogenated alkanes) is 1. The van der Waals surface area contributed by atoms with Gasteiger partial charge in [0.15, 0.2) is 0 Å². The minimum absolute atomic E-state index is 0.271. The third-order valence-electron chi connectivity index (χ3n) is 2.30. The second-order valence-electron chi connectivity index (χ2n) is 3.42. The number of benzene rings is 1. The number of nitrogens with two attached hydrogens (primary N) is 1. The van der Waals surface area contributed by atoms with Gasteiger partial charge in [-0.05, 0) is 24.1 Å². The molecule has 0 saturated heterocycles. The van der Waals surface area contributed by atoms with Crippen LogP contribution in [0, 0.1) is 0 Å². The molecule has 3 heteroatoms. The summed E-state index contributed by atoms with van der Waals surface area (Å²) in [5.74, 6) is 5.53. The number of hydrogen-bond acceptors (Lipinski definition) is 2. The first kappa shape index (κ1) is 11.7. The van der Waals surface area contributed by atoms with Crippen LogP contribution in [-0.4, -0.2) is 0 Å². The Balaban J connectivity index is 2.68. The zero-order valence-electron chi connectivity index (χ0n) is 8.46. The normalized spacial score (nSPS) is 12.8. The summed E-state index contributed by atoms with van der Waals surface area (Å²) in [6.45, 7) is 2.19. The molecule has 14 heavy (non-hydrogen) atoms. The van der Waals surface area contributed by atoms with Crippen LogP contribution in [0.15, 0.2) is 28.7 Å². The summed E-state index contributed by atoms with van der Waals surface area (Å²) in [6, 6.07) is 8.55. The Hall–Kier alpha value is -0.380. The molecule has 0 amide bonds. The molecule has 3 N–H and O–H groups in total. The highest BCUT2D eigenvalue weighted by molar-refractivity contribution is 9.10. The van der Waals surface area contributed by atoms with Crippen molar-refractivity contribution in [3.8, 4) is 0 Å². The first-order chi connectivity index (χ1) is 6.77. The molecule has 0 bridgehead atoms. The Bertz CT molecular complexity index is 276. The van der Waals surface area contributed by atoms with E-state index in [4.69, 9.17) is 5.84 Å². The summed E-state index contributed by atoms with van der Waals surface area (Å²) in [5.41, 5.74) is 4.11. The van der Waals surface area contributed by atoms with E-state index in [1.165, 1.54) is 18.4 Å². The van der Waals surface area contributed by atoms with Gasteiger partial charge in [-0.25, -0.2) is 0 Å². The molecule has 1 atom stereocenters. The fourth-order valence-electron chi connectivity index (χ4n) is 1.48. The maximum atomic E-state index is 5.53. The lowest BCUT2D eigenvalue weighted by atomic mass is 10.0. The van der Waals surface area contributed by atoms with E-state index in [-0.39, 0.29) is 6.04 Å². The number of nitrogens with one attached hydrogen (secondary N) is 1. The standard InChI is InChI=1S/C11H17BrN2/c1-2-3-7-11(14-13)9-5-4-6-10(12)8-9/h4-6,8,11,14H,2-3,7,13H2,1H3. The zero-order valence-corrected chi connectivity index (χ0v) is 10.0. The highest BCUT2D eigenvalue weighted by Crippen LogP contribution is 2.21. The topological polar surface area (TPSA) is 38.0 Å². The van der Waals surface area contributed by atoms with Crippen molar-refractivity contribution in [2.75, 3.05) is 0 Å². The molecule has 0 aliphatic heterocycles. The molecule has 1 rings (SSSR count). The zero-order chi connectivity index (χ0) is 10.4. The molecule has 0 fully saturated rings. The van der Waals surface area contributed by atoms with Crippen molar-refractivity contribution in [2.45, 2.75) is 32.2 Å². The fourth-order valence-corrected chi connectivity index (χ4v) is 1.89. The van der Waals surface area contributed by atoms with Crippen LogP contribution in [0.3, 0.4) is 0 Å². The van der Waals surface area contributed by atoms with E-state index < -0.39 is 0 Å². The fraction of sp³-hybridized carbons (Fsp3) is 0.455. The van der Waals surface area contributed by atoms with Crippen LogP contribution in [-0.2, 0) is 0 Å². The second-order valence-corrected chi connectivity index (χ2v) is 4.33. The van der Waals surface area contributed by atoms with Crippen LogP contribution in [0.4, 0.5) is 0 Å². The third kappa shape index (κ3) is 3.40. The third-order valence-corrected chi connectivity index (χ3v) is 2.79. The Morgan fingerprint density at radius 3 is 2.86 bits per heavy atom. The Kier molecular flexibility index (Phi) is 5.15. The van der Waals surface area contributed by atoms with Gasteiger partial charge in [-0.2, -0.15) is 0 Å². The van der Waals surface area contributed by atoms with Gasteiger partial charge in [0, 0.05) is 10.5 Å². The molecule has 0 aliphatic rings. The van der Waals surface area contributed by atoms with Gasteiger partial charge < -0.3 is 0 Å². The van der Waals surface area contributed by atoms with E-state index in [1.54, 1.807) is 0 Å². The van der Waals surface area contributed by atoms with Crippen molar-refractivity contribution in [2.24, 2.45) is 5.84 Å². The summed E-state index contributed by atoms with van der Waals surface area (Å²) >= 11 is 3.46. The van der Waals surface area contributed by atoms with Crippen LogP contribution in [0.1, 0.15) is 37.8 Å². The lowest BCUT2D eigenvalue weighted by Crippen LogP contribution is -2.27. The number of rotatable bonds is 5. The van der Waals surface area contributed by atoms with Crippen molar-refractivity contribution in [1.82, 2.24) is 5.43 Å². The first-order valence-corrected chi connectivity index (χ1v) is 5.78. The minimum atomic E-state index is 0.271. The van der Waals surface area contributed by atoms with Crippen LogP contribution in [0.2, 0.25) is 0 Å². The summed E-state index contributed by atoms with van der Waals surface area (Å²) in [6.07, 6.45) is 3.48. The molecule has 1 aromatic carbocycles. The molecule has 78 valence electrons. The van der Waals surface area contributed by atoms with Crippen LogP contribution in [0.25, 0.3) is 0 Å². The molecule has 2 nitrogen and oxygen atoms in total. The van der Waals surface area contributed by atoms with Crippen LogP contribution >= 0.6 is 15.9 Å². The molecule has 1 aromatic rings. The quantitative estimate of drug-likeness (QED) is 0.628. The smallest absolute Gasteiger partial charge is 0.0460 e. The number of hydrogen-bond donors (Lipinski definition) is 2. The van der Waals surface area contributed by atoms with Gasteiger partial charge in [0.05, 0.1) is 0 Å². The highest BCUT2D eigenvalue weighted by atomic mass is 79.9. The van der Waals surface area contributed by atoms with Crippen molar-refractivity contribution in [1.29, 1.82) is 0 Å². The Morgan fingerprint density at radius 1 is 1.50 bits per heavy atom. The van der Waals surface area contributed by atoms with Crippen LogP contribution < -0.4 is 11.3 Å². The van der Waals surface area contributed by atoms with Gasteiger partial charge in [-0.3, -0.25) is 11.3 Å². The van der Waals surface area contributed by atoms with E-state index in [0.29, 0.717) is 0 Å². The van der Waals surface area contributed by atoms with Gasteiger partial charge >= 0.3 is 0 Å². The average Bonchev–Trinajstić information content (AvgIpc) is 2.19. The van der Waals surface area contributed by atoms with E-state index in [9.17, 15) is 0 Å². The molecule has 0 spiro atoms. The predicted octanol–water partition coefficient (Wildman–Crippen LogP) is 3.14. The van der Waals surface area contributed by atoms with Crippen molar-refractivity contribution in [3.05, 3.63) is 34.3 Å². The van der Waals surface area contributed by atoms with E-state index in [1.807, 2.05) is 12.1 Å². The van der Waals surface area contributed by atoms with Gasteiger partial charge in [-0.15, -0.1) is 0 Å². The van der Waals surface area contributed by atoms with Crippen molar-refractivity contribution < 1.29 is 0 Å². The maximum absolute atomic E-state index is 5.53. The highest BCUT2D eigenvalue weighted by Gasteiger charge is 2.08. The monoisotopic (exact) mass is 256 g/mol. The molecular weight excluding hydrogens is 240 g/mol. The molecule has 0 heterocycles.